The molecule has 3 N–H and O–H groups in total. The first kappa shape index (κ1) is 15.5. The molecule has 0 saturated heterocycles. The van der Waals surface area contributed by atoms with Gasteiger partial charge in [-0.05, 0) is 31.2 Å². The minimum atomic E-state index is -4.23. The quantitative estimate of drug-likeness (QED) is 0.763. The molecule has 6 nitrogen and oxygen atoms in total. The van der Waals surface area contributed by atoms with Crippen LogP contribution in [0.25, 0.3) is 0 Å². The van der Waals surface area contributed by atoms with Gasteiger partial charge in [-0.15, -0.1) is 0 Å². The van der Waals surface area contributed by atoms with Gasteiger partial charge in [-0.2, -0.15) is 0 Å². The number of halogens is 2. The Labute approximate surface area is 128 Å². The highest BCUT2D eigenvalue weighted by Crippen LogP contribution is 2.24. The van der Waals surface area contributed by atoms with E-state index in [0.29, 0.717) is 10.2 Å². The van der Waals surface area contributed by atoms with Crippen molar-refractivity contribution in [2.45, 2.75) is 11.8 Å². The Morgan fingerprint density at radius 3 is 2.62 bits per heavy atom. The summed E-state index contributed by atoms with van der Waals surface area (Å²) in [4.78, 5) is 13.0. The third-order valence-electron chi connectivity index (χ3n) is 2.59. The zero-order valence-electron chi connectivity index (χ0n) is 10.6. The van der Waals surface area contributed by atoms with Crippen LogP contribution in [0.4, 0.5) is 10.1 Å². The predicted molar refractivity (Wildman–Crippen MR) is 77.4 cm³/mol. The van der Waals surface area contributed by atoms with Crippen LogP contribution >= 0.6 is 15.9 Å². The summed E-state index contributed by atoms with van der Waals surface area (Å²) < 4.78 is 40.5. The van der Waals surface area contributed by atoms with Crippen LogP contribution in [-0.2, 0) is 10.0 Å². The normalized spacial score (nSPS) is 11.4. The number of benzene rings is 1. The minimum Gasteiger partial charge on any atom is -0.477 e. The van der Waals surface area contributed by atoms with Crippen LogP contribution in [0.5, 0.6) is 0 Å². The first-order chi connectivity index (χ1) is 9.70. The molecule has 0 spiro atoms. The highest BCUT2D eigenvalue weighted by atomic mass is 79.9. The summed E-state index contributed by atoms with van der Waals surface area (Å²) in [6, 6.07) is 4.78. The second-order valence-corrected chi connectivity index (χ2v) is 6.79. The van der Waals surface area contributed by atoms with E-state index in [0.717, 1.165) is 12.1 Å². The van der Waals surface area contributed by atoms with Crippen LogP contribution in [0.2, 0.25) is 0 Å². The van der Waals surface area contributed by atoms with Crippen LogP contribution in [0, 0.1) is 12.7 Å². The van der Waals surface area contributed by atoms with E-state index in [1.54, 1.807) is 6.92 Å². The number of rotatable bonds is 4. The molecule has 112 valence electrons. The van der Waals surface area contributed by atoms with Gasteiger partial charge in [0.05, 0.1) is 5.69 Å². The molecule has 1 heterocycles. The van der Waals surface area contributed by atoms with E-state index < -0.39 is 26.7 Å². The highest BCUT2D eigenvalue weighted by molar-refractivity contribution is 9.10. The van der Waals surface area contributed by atoms with Crippen LogP contribution in [0.15, 0.2) is 33.6 Å². The molecule has 21 heavy (non-hydrogen) atoms. The molecule has 1 aromatic heterocycles. The average molecular weight is 377 g/mol. The number of aromatic nitrogens is 1. The molecular weight excluding hydrogens is 367 g/mol. The number of sulfonamides is 1. The van der Waals surface area contributed by atoms with Gasteiger partial charge in [0, 0.05) is 10.2 Å². The average Bonchev–Trinajstić information content (AvgIpc) is 2.68. The molecule has 0 aliphatic heterocycles. The summed E-state index contributed by atoms with van der Waals surface area (Å²) in [7, 11) is -4.23. The maximum absolute atomic E-state index is 13.7. The van der Waals surface area contributed by atoms with Crippen LogP contribution in [-0.4, -0.2) is 24.5 Å². The monoisotopic (exact) mass is 376 g/mol. The van der Waals surface area contributed by atoms with E-state index in [-0.39, 0.29) is 11.4 Å². The predicted octanol–water partition coefficient (Wildman–Crippen LogP) is 2.72. The second-order valence-electron chi connectivity index (χ2n) is 4.23. The van der Waals surface area contributed by atoms with Crippen molar-refractivity contribution >= 4 is 37.6 Å². The first-order valence-corrected chi connectivity index (χ1v) is 7.89. The maximum atomic E-state index is 13.7. The second kappa shape index (κ2) is 5.49. The van der Waals surface area contributed by atoms with Gasteiger partial charge >= 0.3 is 5.97 Å². The van der Waals surface area contributed by atoms with Gasteiger partial charge in [0.2, 0.25) is 0 Å². The summed E-state index contributed by atoms with van der Waals surface area (Å²) >= 11 is 3.03. The van der Waals surface area contributed by atoms with Crippen LogP contribution in [0.3, 0.4) is 0 Å². The van der Waals surface area contributed by atoms with E-state index in [2.05, 4.69) is 25.6 Å². The van der Waals surface area contributed by atoms with Crippen molar-refractivity contribution in [2.24, 2.45) is 0 Å². The molecule has 0 fully saturated rings. The largest absolute Gasteiger partial charge is 0.477 e. The fraction of sp³-hybridized carbons (Fsp3) is 0.0833. The van der Waals surface area contributed by atoms with Gasteiger partial charge in [0.25, 0.3) is 10.0 Å². The molecule has 1 aromatic carbocycles. The lowest BCUT2D eigenvalue weighted by Gasteiger charge is -2.08. The molecule has 0 saturated carbocycles. The van der Waals surface area contributed by atoms with Crippen molar-refractivity contribution < 1.29 is 22.7 Å². The summed E-state index contributed by atoms with van der Waals surface area (Å²) in [5.41, 5.74) is -0.00251. The van der Waals surface area contributed by atoms with E-state index in [9.17, 15) is 17.6 Å². The number of hydrogen-bond donors (Lipinski definition) is 3. The first-order valence-electron chi connectivity index (χ1n) is 5.61. The van der Waals surface area contributed by atoms with E-state index in [4.69, 9.17) is 5.11 Å². The number of H-pyrrole nitrogens is 1. The van der Waals surface area contributed by atoms with Crippen molar-refractivity contribution in [3.63, 3.8) is 0 Å². The van der Waals surface area contributed by atoms with Gasteiger partial charge in [0.1, 0.15) is 16.4 Å². The number of aryl methyl sites for hydroxylation is 1. The highest BCUT2D eigenvalue weighted by Gasteiger charge is 2.23. The topological polar surface area (TPSA) is 99.3 Å². The molecule has 0 amide bonds. The van der Waals surface area contributed by atoms with E-state index in [1.165, 1.54) is 12.1 Å². The number of aromatic carboxylic acids is 1. The fourth-order valence-corrected chi connectivity index (χ4v) is 3.19. The number of carbonyl (C=O) groups is 1. The number of carboxylic acid groups (broad SMARTS) is 1. The van der Waals surface area contributed by atoms with Crippen molar-refractivity contribution in [1.29, 1.82) is 0 Å². The summed E-state index contributed by atoms with van der Waals surface area (Å²) in [6.45, 7) is 1.57. The molecule has 0 atom stereocenters. The zero-order chi connectivity index (χ0) is 15.8. The molecule has 0 radical (unpaired) electrons. The van der Waals surface area contributed by atoms with Crippen molar-refractivity contribution in [2.75, 3.05) is 4.72 Å². The van der Waals surface area contributed by atoms with Gasteiger partial charge in [-0.1, -0.05) is 15.9 Å². The number of carboxylic acids is 1. The number of nitrogens with one attached hydrogen (secondary N) is 2. The Kier molecular flexibility index (Phi) is 4.06. The summed E-state index contributed by atoms with van der Waals surface area (Å²) in [5, 5.41) is 8.99. The SMILES string of the molecule is Cc1cc(NS(=O)(=O)c2ccc(Br)cc2F)c(C(=O)O)[nH]1. The smallest absolute Gasteiger partial charge is 0.354 e. The van der Waals surface area contributed by atoms with Crippen molar-refractivity contribution in [3.8, 4) is 0 Å². The Morgan fingerprint density at radius 2 is 2.05 bits per heavy atom. The van der Waals surface area contributed by atoms with Gasteiger partial charge in [0.15, 0.2) is 0 Å². The lowest BCUT2D eigenvalue weighted by atomic mass is 10.3. The van der Waals surface area contributed by atoms with Gasteiger partial charge < -0.3 is 10.1 Å². The molecular formula is C12H10BrFN2O4S. The molecule has 0 bridgehead atoms. The number of hydrogen-bond acceptors (Lipinski definition) is 3. The standard InChI is InChI=1S/C12H10BrFN2O4S/c1-6-4-9(11(15-6)12(17)18)16-21(19,20)10-3-2-7(13)5-8(10)14/h2-5,15-16H,1H3,(H,17,18). The number of aromatic amines is 1. The lowest BCUT2D eigenvalue weighted by molar-refractivity contribution is 0.0692. The summed E-state index contributed by atoms with van der Waals surface area (Å²) in [5.74, 6) is -2.27. The molecule has 0 aliphatic rings. The van der Waals surface area contributed by atoms with Gasteiger partial charge in [-0.3, -0.25) is 4.72 Å². The Hall–Kier alpha value is -1.87. The molecule has 0 unspecified atom stereocenters. The van der Waals surface area contributed by atoms with E-state index in [1.807, 2.05) is 0 Å². The van der Waals surface area contributed by atoms with Crippen molar-refractivity contribution in [1.82, 2.24) is 4.98 Å². The number of anilines is 1. The zero-order valence-corrected chi connectivity index (χ0v) is 13.0. The fourth-order valence-electron chi connectivity index (χ4n) is 1.73. The Bertz CT molecular complexity index is 817. The summed E-state index contributed by atoms with van der Waals surface area (Å²) in [6.07, 6.45) is 0. The van der Waals surface area contributed by atoms with Crippen molar-refractivity contribution in [3.05, 3.63) is 45.9 Å². The van der Waals surface area contributed by atoms with Crippen LogP contribution < -0.4 is 4.72 Å². The third-order valence-corrected chi connectivity index (χ3v) is 4.49. The lowest BCUT2D eigenvalue weighted by Crippen LogP contribution is -2.16. The third kappa shape index (κ3) is 3.24. The molecule has 2 aromatic rings. The van der Waals surface area contributed by atoms with E-state index >= 15 is 0 Å². The molecule has 9 heteroatoms. The molecule has 2 rings (SSSR count). The minimum absolute atomic E-state index is 0.151. The Morgan fingerprint density at radius 1 is 1.38 bits per heavy atom. The van der Waals surface area contributed by atoms with Crippen LogP contribution in [0.1, 0.15) is 16.2 Å². The maximum Gasteiger partial charge on any atom is 0.354 e. The Balaban J connectivity index is 2.45. The molecule has 0 aliphatic carbocycles. The van der Waals surface area contributed by atoms with Gasteiger partial charge in [-0.25, -0.2) is 17.6 Å².